The number of allylic oxidation sites excluding steroid dienone is 15. The number of esters is 2. The van der Waals surface area contributed by atoms with E-state index in [0.29, 0.717) is 12.8 Å². The summed E-state index contributed by atoms with van der Waals surface area (Å²) in [5.41, 5.74) is 0. The Morgan fingerprint density at radius 1 is 0.574 bits per heavy atom. The largest absolute Gasteiger partial charge is 0.472 e. The zero-order valence-corrected chi connectivity index (χ0v) is 40.8. The lowest BCUT2D eigenvalue weighted by Gasteiger charge is -2.41. The molecule has 0 aromatic rings. The van der Waals surface area contributed by atoms with Gasteiger partial charge in [0, 0.05) is 12.8 Å². The second-order valence-electron chi connectivity index (χ2n) is 16.4. The summed E-state index contributed by atoms with van der Waals surface area (Å²) in [5.74, 6) is -1.46. The van der Waals surface area contributed by atoms with E-state index in [0.717, 1.165) is 70.6 Å². The molecular weight excluding hydrogens is 900 g/mol. The SMILES string of the molecule is CC/C=C\C/C=C\C/C=C\C/C=C\CCCCCCCCC(=O)OC[C@H](COP(=O)(O)OC1[C@H](O)[C@H](O)C(O)[C@H](O)[C@H]1O)OC(=O)CCC[C@@H](O)[C@H](O)\C=C/C=C\C=C\C=C\[C@@H](O)C/C=C\CC. The van der Waals surface area contributed by atoms with Crippen molar-refractivity contribution in [2.24, 2.45) is 0 Å². The molecule has 0 saturated heterocycles. The van der Waals surface area contributed by atoms with E-state index in [1.165, 1.54) is 12.2 Å². The van der Waals surface area contributed by atoms with Crippen LogP contribution >= 0.6 is 7.82 Å². The van der Waals surface area contributed by atoms with Gasteiger partial charge in [0.2, 0.25) is 0 Å². The van der Waals surface area contributed by atoms with Gasteiger partial charge in [0.15, 0.2) is 6.10 Å². The van der Waals surface area contributed by atoms with E-state index in [1.54, 1.807) is 36.5 Å². The highest BCUT2D eigenvalue weighted by molar-refractivity contribution is 7.47. The second-order valence-corrected chi connectivity index (χ2v) is 17.8. The van der Waals surface area contributed by atoms with Crippen LogP contribution in [0.5, 0.6) is 0 Å². The first-order valence-corrected chi connectivity index (χ1v) is 25.5. The van der Waals surface area contributed by atoms with Crippen LogP contribution < -0.4 is 0 Å². The molecular formula is C51H81O16P. The maximum absolute atomic E-state index is 12.8. The van der Waals surface area contributed by atoms with Crippen LogP contribution in [0.25, 0.3) is 0 Å². The van der Waals surface area contributed by atoms with E-state index in [9.17, 15) is 59.9 Å². The lowest BCUT2D eigenvalue weighted by Crippen LogP contribution is -2.64. The van der Waals surface area contributed by atoms with Crippen molar-refractivity contribution in [3.63, 3.8) is 0 Å². The predicted molar refractivity (Wildman–Crippen MR) is 262 cm³/mol. The summed E-state index contributed by atoms with van der Waals surface area (Å²) in [6.45, 7) is 2.68. The molecule has 0 aromatic heterocycles. The molecule has 0 spiro atoms. The number of hydrogen-bond donors (Lipinski definition) is 9. The van der Waals surface area contributed by atoms with Gasteiger partial charge in [-0.3, -0.25) is 18.6 Å². The van der Waals surface area contributed by atoms with Crippen LogP contribution in [-0.2, 0) is 32.7 Å². The van der Waals surface area contributed by atoms with E-state index in [4.69, 9.17) is 18.5 Å². The molecule has 11 atom stereocenters. The second kappa shape index (κ2) is 39.1. The van der Waals surface area contributed by atoms with Crippen molar-refractivity contribution in [1.82, 2.24) is 0 Å². The van der Waals surface area contributed by atoms with Gasteiger partial charge in [0.25, 0.3) is 0 Å². The van der Waals surface area contributed by atoms with Gasteiger partial charge in [-0.1, -0.05) is 149 Å². The Morgan fingerprint density at radius 3 is 1.69 bits per heavy atom. The normalized spacial score (nSPS) is 23.4. The molecule has 0 bridgehead atoms. The first-order valence-electron chi connectivity index (χ1n) is 24.0. The first kappa shape index (κ1) is 62.4. The van der Waals surface area contributed by atoms with Crippen LogP contribution in [0, 0.1) is 0 Å². The molecule has 1 saturated carbocycles. The lowest BCUT2D eigenvalue weighted by atomic mass is 9.85. The zero-order chi connectivity index (χ0) is 50.4. The van der Waals surface area contributed by atoms with Gasteiger partial charge in [0.05, 0.1) is 24.9 Å². The van der Waals surface area contributed by atoms with Crippen molar-refractivity contribution in [3.8, 4) is 0 Å². The lowest BCUT2D eigenvalue weighted by molar-refractivity contribution is -0.220. The maximum Gasteiger partial charge on any atom is 0.472 e. The van der Waals surface area contributed by atoms with Gasteiger partial charge >= 0.3 is 19.8 Å². The molecule has 1 aliphatic rings. The third kappa shape index (κ3) is 30.8. The maximum atomic E-state index is 12.8. The van der Waals surface area contributed by atoms with E-state index in [-0.39, 0.29) is 25.7 Å². The summed E-state index contributed by atoms with van der Waals surface area (Å²) in [7, 11) is -5.23. The summed E-state index contributed by atoms with van der Waals surface area (Å²) in [6, 6.07) is 0. The van der Waals surface area contributed by atoms with Gasteiger partial charge in [-0.2, -0.15) is 0 Å². The summed E-state index contributed by atoms with van der Waals surface area (Å²) in [4.78, 5) is 35.8. The van der Waals surface area contributed by atoms with Crippen LogP contribution in [0.1, 0.15) is 123 Å². The van der Waals surface area contributed by atoms with Crippen molar-refractivity contribution >= 4 is 19.8 Å². The molecule has 9 N–H and O–H groups in total. The zero-order valence-electron chi connectivity index (χ0n) is 39.9. The Balaban J connectivity index is 2.60. The van der Waals surface area contributed by atoms with E-state index >= 15 is 0 Å². The molecule has 386 valence electrons. The summed E-state index contributed by atoms with van der Waals surface area (Å²) >= 11 is 0. The summed E-state index contributed by atoms with van der Waals surface area (Å²) in [5, 5.41) is 80.8. The molecule has 0 heterocycles. The highest BCUT2D eigenvalue weighted by Gasteiger charge is 2.51. The number of hydrogen-bond acceptors (Lipinski definition) is 15. The highest BCUT2D eigenvalue weighted by atomic mass is 31.2. The number of phosphoric ester groups is 1. The van der Waals surface area contributed by atoms with Crippen molar-refractivity contribution in [2.75, 3.05) is 13.2 Å². The fraction of sp³-hybridized carbons (Fsp3) is 0.608. The van der Waals surface area contributed by atoms with Crippen molar-refractivity contribution < 1.29 is 78.4 Å². The molecule has 3 unspecified atom stereocenters. The molecule has 68 heavy (non-hydrogen) atoms. The summed E-state index contributed by atoms with van der Waals surface area (Å²) < 4.78 is 33.3. The van der Waals surface area contributed by atoms with Gasteiger partial charge in [-0.05, 0) is 70.6 Å². The molecule has 0 aromatic carbocycles. The molecule has 0 radical (unpaired) electrons. The number of phosphoric acid groups is 1. The number of unbranched alkanes of at least 4 members (excludes halogenated alkanes) is 6. The Morgan fingerprint density at radius 2 is 1.07 bits per heavy atom. The van der Waals surface area contributed by atoms with Gasteiger partial charge in [-0.15, -0.1) is 0 Å². The average molecular weight is 981 g/mol. The Labute approximate surface area is 403 Å². The smallest absolute Gasteiger partial charge is 0.462 e. The number of carbonyl (C=O) groups is 2. The highest BCUT2D eigenvalue weighted by Crippen LogP contribution is 2.47. The minimum absolute atomic E-state index is 0.00957. The molecule has 1 rings (SSSR count). The third-order valence-corrected chi connectivity index (χ3v) is 11.4. The average Bonchev–Trinajstić information content (AvgIpc) is 3.31. The summed E-state index contributed by atoms with van der Waals surface area (Å²) in [6.07, 6.45) is 29.0. The fourth-order valence-electron chi connectivity index (χ4n) is 6.50. The molecule has 17 heteroatoms. The van der Waals surface area contributed by atoms with Gasteiger partial charge < -0.3 is 55.2 Å². The number of carbonyl (C=O) groups excluding carboxylic acids is 2. The quantitative estimate of drug-likeness (QED) is 0.0105. The molecule has 0 aliphatic heterocycles. The Hall–Kier alpha value is -3.61. The molecule has 1 aliphatic carbocycles. The van der Waals surface area contributed by atoms with Crippen molar-refractivity contribution in [3.05, 3.63) is 109 Å². The predicted octanol–water partition coefficient (Wildman–Crippen LogP) is 6.52. The van der Waals surface area contributed by atoms with Crippen molar-refractivity contribution in [2.45, 2.75) is 184 Å². The van der Waals surface area contributed by atoms with Gasteiger partial charge in [0.1, 0.15) is 43.2 Å². The third-order valence-electron chi connectivity index (χ3n) is 10.5. The molecule has 0 amide bonds. The Bertz CT molecular complexity index is 1650. The standard InChI is InChI=1S/C51H81O16P/c1-3-5-7-8-9-10-11-12-13-14-15-16-17-18-19-20-21-26-30-36-44(55)64-38-41(39-65-68(62,63)67-51-49(60)47(58)46(57)48(59)50(51)61)66-45(56)37-31-35-43(54)42(53)34-29-25-23-22-24-28-33-40(52)32-27-6-4-2/h5-7,9-10,12-13,15-16,22-25,27-29,33-34,40-43,46-54,57-61H,3-4,8,11,14,17-21,26,30-32,35-39H2,1-2H3,(H,62,63)/b7-5-,10-9-,13-12-,16-15-,24-22+,25-23-,27-6-,33-28+,34-29-/t40-,41+,42+,43+,46?,47-,48+,49+,50+,51?/m0/s1. The number of aliphatic hydroxyl groups excluding tert-OH is 8. The van der Waals surface area contributed by atoms with Crippen LogP contribution in [0.15, 0.2) is 109 Å². The molecule has 16 nitrogen and oxygen atoms in total. The topological polar surface area (TPSA) is 270 Å². The van der Waals surface area contributed by atoms with Gasteiger partial charge in [-0.25, -0.2) is 4.57 Å². The van der Waals surface area contributed by atoms with E-state index < -0.39 is 94.0 Å². The number of rotatable bonds is 37. The minimum Gasteiger partial charge on any atom is -0.462 e. The van der Waals surface area contributed by atoms with E-state index in [2.05, 4.69) is 55.5 Å². The minimum atomic E-state index is -5.23. The molecule has 1 fully saturated rings. The van der Waals surface area contributed by atoms with E-state index in [1.807, 2.05) is 19.1 Å². The van der Waals surface area contributed by atoms with Crippen LogP contribution in [0.2, 0.25) is 0 Å². The van der Waals surface area contributed by atoms with Crippen LogP contribution in [0.4, 0.5) is 0 Å². The Kier molecular flexibility index (Phi) is 35.9. The van der Waals surface area contributed by atoms with Crippen molar-refractivity contribution in [1.29, 1.82) is 0 Å². The van der Waals surface area contributed by atoms with Crippen LogP contribution in [-0.4, -0.2) is 132 Å². The number of aliphatic hydroxyl groups is 8. The number of ether oxygens (including phenoxy) is 2. The first-order chi connectivity index (χ1) is 32.6. The van der Waals surface area contributed by atoms with Crippen LogP contribution in [0.3, 0.4) is 0 Å². The fourth-order valence-corrected chi connectivity index (χ4v) is 7.47. The monoisotopic (exact) mass is 981 g/mol.